The lowest BCUT2D eigenvalue weighted by molar-refractivity contribution is 0.218. The minimum atomic E-state index is 0.587. The molecule has 1 unspecified atom stereocenters. The van der Waals surface area contributed by atoms with Crippen molar-refractivity contribution in [3.05, 3.63) is 30.3 Å². The number of nitrogens with one attached hydrogen (secondary N) is 1. The maximum Gasteiger partial charge on any atom is 0.0479 e. The third-order valence-electron chi connectivity index (χ3n) is 3.18. The molecular formula is C13H21N3. The Balaban J connectivity index is 1.99. The molecule has 0 radical (unpaired) electrons. The van der Waals surface area contributed by atoms with Gasteiger partial charge in [0, 0.05) is 38.0 Å². The summed E-state index contributed by atoms with van der Waals surface area (Å²) in [6.07, 6.45) is 0. The molecule has 0 saturated carbocycles. The van der Waals surface area contributed by atoms with Crippen LogP contribution in [0.1, 0.15) is 6.92 Å². The van der Waals surface area contributed by atoms with Gasteiger partial charge in [-0.3, -0.25) is 4.90 Å². The van der Waals surface area contributed by atoms with Gasteiger partial charge < -0.3 is 10.2 Å². The topological polar surface area (TPSA) is 18.5 Å². The lowest BCUT2D eigenvalue weighted by Crippen LogP contribution is -2.53. The van der Waals surface area contributed by atoms with E-state index in [1.165, 1.54) is 5.69 Å². The van der Waals surface area contributed by atoms with Gasteiger partial charge in [0.15, 0.2) is 0 Å². The molecule has 0 aliphatic carbocycles. The first-order chi connectivity index (χ1) is 7.81. The van der Waals surface area contributed by atoms with E-state index in [1.54, 1.807) is 0 Å². The Hall–Kier alpha value is -1.06. The summed E-state index contributed by atoms with van der Waals surface area (Å²) in [5.41, 5.74) is 1.35. The highest BCUT2D eigenvalue weighted by atomic mass is 15.3. The molecule has 3 nitrogen and oxygen atoms in total. The number of nitrogens with zero attached hydrogens (tertiary/aromatic N) is 2. The molecule has 0 amide bonds. The monoisotopic (exact) mass is 219 g/mol. The van der Waals surface area contributed by atoms with E-state index in [-0.39, 0.29) is 0 Å². The highest BCUT2D eigenvalue weighted by molar-refractivity contribution is 5.47. The molecule has 1 aromatic carbocycles. The Morgan fingerprint density at radius 1 is 1.25 bits per heavy atom. The summed E-state index contributed by atoms with van der Waals surface area (Å²) >= 11 is 0. The average molecular weight is 219 g/mol. The highest BCUT2D eigenvalue weighted by Crippen LogP contribution is 2.19. The van der Waals surface area contributed by atoms with Crippen molar-refractivity contribution in [1.29, 1.82) is 0 Å². The molecule has 2 rings (SSSR count). The molecule has 0 bridgehead atoms. The Morgan fingerprint density at radius 2 is 2.00 bits per heavy atom. The van der Waals surface area contributed by atoms with Crippen molar-refractivity contribution in [2.45, 2.75) is 13.0 Å². The number of hydrogen-bond acceptors (Lipinski definition) is 3. The van der Waals surface area contributed by atoms with Crippen LogP contribution in [0.5, 0.6) is 0 Å². The second-order valence-corrected chi connectivity index (χ2v) is 4.47. The van der Waals surface area contributed by atoms with Crippen LogP contribution in [-0.4, -0.2) is 44.3 Å². The van der Waals surface area contributed by atoms with E-state index in [2.05, 4.69) is 52.4 Å². The van der Waals surface area contributed by atoms with Crippen LogP contribution in [0.4, 0.5) is 5.69 Å². The van der Waals surface area contributed by atoms with Crippen LogP contribution in [0, 0.1) is 0 Å². The second-order valence-electron chi connectivity index (χ2n) is 4.47. The van der Waals surface area contributed by atoms with E-state index >= 15 is 0 Å². The molecule has 0 spiro atoms. The van der Waals surface area contributed by atoms with Gasteiger partial charge in [-0.05, 0) is 26.1 Å². The number of hydrogen-bond donors (Lipinski definition) is 1. The van der Waals surface area contributed by atoms with Crippen molar-refractivity contribution in [3.63, 3.8) is 0 Å². The lowest BCUT2D eigenvalue weighted by Gasteiger charge is -2.41. The van der Waals surface area contributed by atoms with E-state index in [0.29, 0.717) is 6.04 Å². The Kier molecular flexibility index (Phi) is 3.80. The van der Waals surface area contributed by atoms with E-state index in [4.69, 9.17) is 0 Å². The van der Waals surface area contributed by atoms with Gasteiger partial charge in [-0.2, -0.15) is 0 Å². The van der Waals surface area contributed by atoms with Gasteiger partial charge in [0.1, 0.15) is 0 Å². The maximum absolute atomic E-state index is 3.22. The van der Waals surface area contributed by atoms with Gasteiger partial charge in [0.2, 0.25) is 0 Å². The zero-order chi connectivity index (χ0) is 11.4. The summed E-state index contributed by atoms with van der Waals surface area (Å²) in [7, 11) is 2.01. The highest BCUT2D eigenvalue weighted by Gasteiger charge is 2.22. The van der Waals surface area contributed by atoms with Crippen LogP contribution in [-0.2, 0) is 0 Å². The van der Waals surface area contributed by atoms with Crippen molar-refractivity contribution in [2.75, 3.05) is 38.3 Å². The first kappa shape index (κ1) is 11.4. The van der Waals surface area contributed by atoms with Crippen molar-refractivity contribution >= 4 is 5.69 Å². The smallest absolute Gasteiger partial charge is 0.0479 e. The molecule has 1 aromatic rings. The van der Waals surface area contributed by atoms with E-state index in [9.17, 15) is 0 Å². The third-order valence-corrected chi connectivity index (χ3v) is 3.18. The predicted octanol–water partition coefficient (Wildman–Crippen LogP) is 1.37. The molecule has 1 N–H and O–H groups in total. The van der Waals surface area contributed by atoms with E-state index < -0.39 is 0 Å². The third kappa shape index (κ3) is 2.54. The van der Waals surface area contributed by atoms with Gasteiger partial charge in [-0.1, -0.05) is 18.2 Å². The van der Waals surface area contributed by atoms with Crippen LogP contribution in [0.2, 0.25) is 0 Å². The SMILES string of the molecule is CNCN1CCN(c2ccccc2)C(C)C1. The molecule has 3 heteroatoms. The average Bonchev–Trinajstić information content (AvgIpc) is 2.31. The molecule has 1 heterocycles. The fourth-order valence-corrected chi connectivity index (χ4v) is 2.40. The summed E-state index contributed by atoms with van der Waals surface area (Å²) in [6, 6.07) is 11.3. The molecular weight excluding hydrogens is 198 g/mol. The van der Waals surface area contributed by atoms with Gasteiger partial charge in [-0.25, -0.2) is 0 Å². The van der Waals surface area contributed by atoms with Gasteiger partial charge >= 0.3 is 0 Å². The molecule has 1 fully saturated rings. The van der Waals surface area contributed by atoms with Crippen molar-refractivity contribution < 1.29 is 0 Å². The number of para-hydroxylation sites is 1. The minimum Gasteiger partial charge on any atom is -0.366 e. The van der Waals surface area contributed by atoms with Gasteiger partial charge in [-0.15, -0.1) is 0 Å². The number of anilines is 1. The second kappa shape index (κ2) is 5.32. The number of piperazine rings is 1. The van der Waals surface area contributed by atoms with Crippen LogP contribution in [0.25, 0.3) is 0 Å². The number of rotatable bonds is 3. The largest absolute Gasteiger partial charge is 0.366 e. The van der Waals surface area contributed by atoms with E-state index in [0.717, 1.165) is 26.3 Å². The van der Waals surface area contributed by atoms with Crippen molar-refractivity contribution in [2.24, 2.45) is 0 Å². The zero-order valence-electron chi connectivity index (χ0n) is 10.2. The standard InChI is InChI=1S/C13H21N3/c1-12-10-15(11-14-2)8-9-16(12)13-6-4-3-5-7-13/h3-7,12,14H,8-11H2,1-2H3. The molecule has 0 aromatic heterocycles. The molecule has 88 valence electrons. The Labute approximate surface area is 98.0 Å². The van der Waals surface area contributed by atoms with Gasteiger partial charge in [0.25, 0.3) is 0 Å². The van der Waals surface area contributed by atoms with Crippen molar-refractivity contribution in [1.82, 2.24) is 10.2 Å². The van der Waals surface area contributed by atoms with Crippen molar-refractivity contribution in [3.8, 4) is 0 Å². The van der Waals surface area contributed by atoms with Crippen LogP contribution in [0.3, 0.4) is 0 Å². The summed E-state index contributed by atoms with van der Waals surface area (Å²) in [6.45, 7) is 6.68. The van der Waals surface area contributed by atoms with Crippen LogP contribution in [0.15, 0.2) is 30.3 Å². The molecule has 1 aliphatic rings. The summed E-state index contributed by atoms with van der Waals surface area (Å²) in [5, 5.41) is 3.22. The predicted molar refractivity (Wildman–Crippen MR) is 68.7 cm³/mol. The van der Waals surface area contributed by atoms with Gasteiger partial charge in [0.05, 0.1) is 0 Å². The Bertz CT molecular complexity index is 312. The quantitative estimate of drug-likeness (QED) is 0.828. The Morgan fingerprint density at radius 3 is 2.62 bits per heavy atom. The summed E-state index contributed by atoms with van der Waals surface area (Å²) < 4.78 is 0. The van der Waals surface area contributed by atoms with Crippen LogP contribution >= 0.6 is 0 Å². The summed E-state index contributed by atoms with van der Waals surface area (Å²) in [4.78, 5) is 4.95. The molecule has 1 aliphatic heterocycles. The zero-order valence-corrected chi connectivity index (χ0v) is 10.2. The molecule has 1 atom stereocenters. The van der Waals surface area contributed by atoms with Crippen LogP contribution < -0.4 is 10.2 Å². The molecule has 16 heavy (non-hydrogen) atoms. The number of benzene rings is 1. The fraction of sp³-hybridized carbons (Fsp3) is 0.538. The molecule has 1 saturated heterocycles. The first-order valence-electron chi connectivity index (χ1n) is 6.00. The van der Waals surface area contributed by atoms with E-state index in [1.807, 2.05) is 7.05 Å². The maximum atomic E-state index is 3.22. The lowest BCUT2D eigenvalue weighted by atomic mass is 10.1. The fourth-order valence-electron chi connectivity index (χ4n) is 2.40. The normalized spacial score (nSPS) is 22.4. The first-order valence-corrected chi connectivity index (χ1v) is 6.00. The minimum absolute atomic E-state index is 0.587. The summed E-state index contributed by atoms with van der Waals surface area (Å²) in [5.74, 6) is 0.